The normalized spacial score (nSPS) is 11.1. The van der Waals surface area contributed by atoms with Crippen LogP contribution in [0.5, 0.6) is 0 Å². The van der Waals surface area contributed by atoms with Crippen molar-refractivity contribution in [1.82, 2.24) is 9.13 Å². The summed E-state index contributed by atoms with van der Waals surface area (Å²) in [6.45, 7) is 1.81. The Balaban J connectivity index is 2.53. The molecule has 3 rings (SSSR count). The molecule has 0 atom stereocenters. The second kappa shape index (κ2) is 5.21. The van der Waals surface area contributed by atoms with E-state index < -0.39 is 17.1 Å². The lowest BCUT2D eigenvalue weighted by molar-refractivity contribution is 0.628. The van der Waals surface area contributed by atoms with Gasteiger partial charge in [0.15, 0.2) is 0 Å². The summed E-state index contributed by atoms with van der Waals surface area (Å²) < 4.78 is 16.7. The molecule has 0 saturated heterocycles. The van der Waals surface area contributed by atoms with Gasteiger partial charge in [0.05, 0.1) is 16.6 Å². The fourth-order valence-electron chi connectivity index (χ4n) is 2.48. The topological polar surface area (TPSA) is 44.0 Å². The van der Waals surface area contributed by atoms with Crippen molar-refractivity contribution >= 4 is 26.8 Å². The average molecular weight is 363 g/mol. The molecule has 1 aromatic heterocycles. The quantitative estimate of drug-likeness (QED) is 0.667. The van der Waals surface area contributed by atoms with Gasteiger partial charge in [-0.2, -0.15) is 0 Å². The van der Waals surface area contributed by atoms with Gasteiger partial charge in [-0.15, -0.1) is 0 Å². The lowest BCUT2D eigenvalue weighted by Gasteiger charge is -2.13. The Kier molecular flexibility index (Phi) is 3.48. The summed E-state index contributed by atoms with van der Waals surface area (Å²) in [5, 5.41) is 0.168. The Morgan fingerprint density at radius 1 is 1.14 bits per heavy atom. The monoisotopic (exact) mass is 362 g/mol. The van der Waals surface area contributed by atoms with Gasteiger partial charge in [0.25, 0.3) is 5.56 Å². The SMILES string of the molecule is Cc1c(Br)cccc1-n1c(=O)c2cc(F)ccc2n(C)c1=O. The highest BCUT2D eigenvalue weighted by atomic mass is 79.9. The smallest absolute Gasteiger partial charge is 0.296 e. The largest absolute Gasteiger partial charge is 0.335 e. The van der Waals surface area contributed by atoms with E-state index in [0.717, 1.165) is 20.7 Å². The van der Waals surface area contributed by atoms with Gasteiger partial charge < -0.3 is 0 Å². The van der Waals surface area contributed by atoms with Crippen molar-refractivity contribution in [3.8, 4) is 5.69 Å². The minimum Gasteiger partial charge on any atom is -0.296 e. The Labute approximate surface area is 133 Å². The number of aryl methyl sites for hydroxylation is 1. The number of rotatable bonds is 1. The van der Waals surface area contributed by atoms with Gasteiger partial charge in [-0.25, -0.2) is 13.8 Å². The van der Waals surface area contributed by atoms with E-state index in [9.17, 15) is 14.0 Å². The molecule has 0 aliphatic heterocycles. The standard InChI is InChI=1S/C16H12BrFN2O2/c1-9-12(17)4-3-5-13(9)20-15(21)11-8-10(18)6-7-14(11)19(2)16(20)22/h3-8H,1-2H3. The van der Waals surface area contributed by atoms with Crippen molar-refractivity contribution in [3.63, 3.8) is 0 Å². The fourth-order valence-corrected chi connectivity index (χ4v) is 2.84. The van der Waals surface area contributed by atoms with Crippen LogP contribution in [0.2, 0.25) is 0 Å². The maximum Gasteiger partial charge on any atom is 0.335 e. The second-order valence-corrected chi connectivity index (χ2v) is 5.88. The van der Waals surface area contributed by atoms with Gasteiger partial charge in [0, 0.05) is 11.5 Å². The van der Waals surface area contributed by atoms with E-state index in [4.69, 9.17) is 0 Å². The number of benzene rings is 2. The third-order valence-electron chi connectivity index (χ3n) is 3.71. The molecule has 0 saturated carbocycles. The third-order valence-corrected chi connectivity index (χ3v) is 4.57. The predicted octanol–water partition coefficient (Wildman–Crippen LogP) is 2.90. The summed E-state index contributed by atoms with van der Waals surface area (Å²) in [4.78, 5) is 25.3. The van der Waals surface area contributed by atoms with Crippen molar-refractivity contribution in [2.24, 2.45) is 7.05 Å². The van der Waals surface area contributed by atoms with E-state index >= 15 is 0 Å². The minimum absolute atomic E-state index is 0.168. The van der Waals surface area contributed by atoms with Crippen LogP contribution in [0.15, 0.2) is 50.5 Å². The van der Waals surface area contributed by atoms with Gasteiger partial charge in [-0.3, -0.25) is 9.36 Å². The number of hydrogen-bond acceptors (Lipinski definition) is 2. The van der Waals surface area contributed by atoms with Crippen LogP contribution in [0.3, 0.4) is 0 Å². The molecule has 0 amide bonds. The summed E-state index contributed by atoms with van der Waals surface area (Å²) in [5.41, 5.74) is 0.646. The van der Waals surface area contributed by atoms with Crippen LogP contribution in [0.1, 0.15) is 5.56 Å². The molecule has 112 valence electrons. The first-order chi connectivity index (χ1) is 10.4. The fraction of sp³-hybridized carbons (Fsp3) is 0.125. The first-order valence-electron chi connectivity index (χ1n) is 6.58. The summed E-state index contributed by atoms with van der Waals surface area (Å²) in [5.74, 6) is -0.513. The number of aromatic nitrogens is 2. The van der Waals surface area contributed by atoms with Crippen molar-refractivity contribution in [3.05, 3.63) is 73.1 Å². The Morgan fingerprint density at radius 3 is 2.59 bits per heavy atom. The number of nitrogens with zero attached hydrogens (tertiary/aromatic N) is 2. The molecule has 2 aromatic carbocycles. The van der Waals surface area contributed by atoms with Crippen LogP contribution in [-0.4, -0.2) is 9.13 Å². The Morgan fingerprint density at radius 2 is 1.86 bits per heavy atom. The number of fused-ring (bicyclic) bond motifs is 1. The summed E-state index contributed by atoms with van der Waals surface area (Å²) >= 11 is 3.39. The van der Waals surface area contributed by atoms with Crippen LogP contribution >= 0.6 is 15.9 Å². The summed E-state index contributed by atoms with van der Waals surface area (Å²) in [7, 11) is 1.56. The van der Waals surface area contributed by atoms with Crippen LogP contribution < -0.4 is 11.2 Å². The molecule has 0 radical (unpaired) electrons. The van der Waals surface area contributed by atoms with Gasteiger partial charge in [-0.1, -0.05) is 22.0 Å². The lowest BCUT2D eigenvalue weighted by Crippen LogP contribution is -2.38. The second-order valence-electron chi connectivity index (χ2n) is 5.03. The Bertz CT molecular complexity index is 1020. The van der Waals surface area contributed by atoms with Gasteiger partial charge in [-0.05, 0) is 42.8 Å². The van der Waals surface area contributed by atoms with E-state index in [0.29, 0.717) is 11.2 Å². The van der Waals surface area contributed by atoms with Crippen LogP contribution in [0.4, 0.5) is 4.39 Å². The van der Waals surface area contributed by atoms with E-state index in [1.165, 1.54) is 16.7 Å². The van der Waals surface area contributed by atoms with Crippen molar-refractivity contribution in [2.45, 2.75) is 6.92 Å². The lowest BCUT2D eigenvalue weighted by atomic mass is 10.2. The molecular formula is C16H12BrFN2O2. The molecule has 1 heterocycles. The highest BCUT2D eigenvalue weighted by Gasteiger charge is 2.15. The van der Waals surface area contributed by atoms with E-state index in [-0.39, 0.29) is 5.39 Å². The molecular weight excluding hydrogens is 351 g/mol. The molecule has 0 aliphatic carbocycles. The molecule has 3 aromatic rings. The number of halogens is 2. The molecule has 6 heteroatoms. The van der Waals surface area contributed by atoms with Crippen molar-refractivity contribution in [2.75, 3.05) is 0 Å². The first kappa shape index (κ1) is 14.7. The van der Waals surface area contributed by atoms with E-state index in [1.54, 1.807) is 26.1 Å². The zero-order valence-corrected chi connectivity index (χ0v) is 13.5. The molecule has 0 spiro atoms. The van der Waals surface area contributed by atoms with Gasteiger partial charge in [0.2, 0.25) is 0 Å². The minimum atomic E-state index is -0.529. The summed E-state index contributed by atoms with van der Waals surface area (Å²) in [6, 6.07) is 9.08. The maximum atomic E-state index is 13.5. The number of hydrogen-bond donors (Lipinski definition) is 0. The molecule has 4 nitrogen and oxygen atoms in total. The average Bonchev–Trinajstić information content (AvgIpc) is 2.49. The molecule has 0 aliphatic rings. The zero-order chi connectivity index (χ0) is 16.0. The highest BCUT2D eigenvalue weighted by Crippen LogP contribution is 2.21. The van der Waals surface area contributed by atoms with E-state index in [1.807, 2.05) is 6.07 Å². The zero-order valence-electron chi connectivity index (χ0n) is 11.9. The van der Waals surface area contributed by atoms with Crippen LogP contribution in [0, 0.1) is 12.7 Å². The van der Waals surface area contributed by atoms with Gasteiger partial charge in [0.1, 0.15) is 5.82 Å². The molecule has 22 heavy (non-hydrogen) atoms. The van der Waals surface area contributed by atoms with Crippen molar-refractivity contribution in [1.29, 1.82) is 0 Å². The van der Waals surface area contributed by atoms with Crippen LogP contribution in [-0.2, 0) is 7.05 Å². The molecule has 0 unspecified atom stereocenters. The Hall–Kier alpha value is -2.21. The van der Waals surface area contributed by atoms with Gasteiger partial charge >= 0.3 is 5.69 Å². The highest BCUT2D eigenvalue weighted by molar-refractivity contribution is 9.10. The predicted molar refractivity (Wildman–Crippen MR) is 87.2 cm³/mol. The van der Waals surface area contributed by atoms with Crippen LogP contribution in [0.25, 0.3) is 16.6 Å². The van der Waals surface area contributed by atoms with Crippen molar-refractivity contribution < 1.29 is 4.39 Å². The maximum absolute atomic E-state index is 13.5. The molecule has 0 bridgehead atoms. The first-order valence-corrected chi connectivity index (χ1v) is 7.38. The molecule has 0 N–H and O–H groups in total. The third kappa shape index (κ3) is 2.11. The summed E-state index contributed by atoms with van der Waals surface area (Å²) in [6.07, 6.45) is 0. The molecule has 0 fully saturated rings. The van der Waals surface area contributed by atoms with E-state index in [2.05, 4.69) is 15.9 Å².